The van der Waals surface area contributed by atoms with Crippen LogP contribution in [0.3, 0.4) is 0 Å². The topological polar surface area (TPSA) is 12.4 Å². The highest BCUT2D eigenvalue weighted by molar-refractivity contribution is 5.82. The molecule has 0 atom stereocenters. The molecule has 1 rings (SSSR count). The van der Waals surface area contributed by atoms with E-state index in [0.29, 0.717) is 0 Å². The molecule has 0 fully saturated rings. The normalized spacial score (nSPS) is 11.0. The first-order valence-corrected chi connectivity index (χ1v) is 4.15. The van der Waals surface area contributed by atoms with Crippen LogP contribution in [-0.2, 0) is 0 Å². The van der Waals surface area contributed by atoms with Gasteiger partial charge in [0.1, 0.15) is 0 Å². The van der Waals surface area contributed by atoms with Crippen LogP contribution < -0.4 is 0 Å². The summed E-state index contributed by atoms with van der Waals surface area (Å²) in [5, 5.41) is 0. The highest BCUT2D eigenvalue weighted by Gasteiger charge is 1.98. The van der Waals surface area contributed by atoms with Crippen LogP contribution in [0.4, 0.5) is 0 Å². The van der Waals surface area contributed by atoms with Crippen LogP contribution in [0.1, 0.15) is 22.3 Å². The van der Waals surface area contributed by atoms with Gasteiger partial charge in [0.25, 0.3) is 0 Å². The highest BCUT2D eigenvalue weighted by Crippen LogP contribution is 2.13. The largest absolute Gasteiger partial charge is 0.296 e. The monoisotopic (exact) mass is 161 g/mol. The van der Waals surface area contributed by atoms with Crippen molar-refractivity contribution < 1.29 is 0 Å². The Balaban J connectivity index is 3.27. The molecule has 1 heteroatoms. The van der Waals surface area contributed by atoms with Gasteiger partial charge < -0.3 is 0 Å². The van der Waals surface area contributed by atoms with E-state index in [0.717, 1.165) is 0 Å². The third kappa shape index (κ3) is 1.73. The standard InChI is InChI=1S/C11H15N/c1-8-5-9(2)10(3)11(6-8)7-12-4/h5-7H,1-4H3/b12-7-. The molecular weight excluding hydrogens is 146 g/mol. The van der Waals surface area contributed by atoms with E-state index < -0.39 is 0 Å². The van der Waals surface area contributed by atoms with Crippen molar-refractivity contribution in [1.29, 1.82) is 0 Å². The Kier molecular flexibility index (Phi) is 2.64. The summed E-state index contributed by atoms with van der Waals surface area (Å²) in [5.41, 5.74) is 5.19. The van der Waals surface area contributed by atoms with Crippen molar-refractivity contribution in [2.24, 2.45) is 4.99 Å². The van der Waals surface area contributed by atoms with Gasteiger partial charge in [0.05, 0.1) is 0 Å². The summed E-state index contributed by atoms with van der Waals surface area (Å²) < 4.78 is 0. The average molecular weight is 161 g/mol. The molecule has 0 bridgehead atoms. The molecule has 0 N–H and O–H groups in total. The minimum atomic E-state index is 1.23. The highest BCUT2D eigenvalue weighted by atomic mass is 14.6. The van der Waals surface area contributed by atoms with E-state index >= 15 is 0 Å². The third-order valence-corrected chi connectivity index (χ3v) is 2.12. The van der Waals surface area contributed by atoms with E-state index in [1.54, 1.807) is 7.05 Å². The van der Waals surface area contributed by atoms with E-state index in [-0.39, 0.29) is 0 Å². The van der Waals surface area contributed by atoms with Gasteiger partial charge in [0.2, 0.25) is 0 Å². The summed E-state index contributed by atoms with van der Waals surface area (Å²) in [5.74, 6) is 0. The van der Waals surface area contributed by atoms with Crippen LogP contribution in [-0.4, -0.2) is 13.3 Å². The number of hydrogen-bond donors (Lipinski definition) is 0. The number of aryl methyl sites for hydroxylation is 2. The lowest BCUT2D eigenvalue weighted by atomic mass is 10.0. The molecule has 0 aliphatic heterocycles. The maximum absolute atomic E-state index is 4.02. The Bertz CT molecular complexity index is 311. The number of benzene rings is 1. The van der Waals surface area contributed by atoms with Gasteiger partial charge in [-0.3, -0.25) is 4.99 Å². The molecule has 0 saturated carbocycles. The number of aliphatic imine (C=N–C) groups is 1. The minimum absolute atomic E-state index is 1.23. The molecule has 0 spiro atoms. The van der Waals surface area contributed by atoms with E-state index in [4.69, 9.17) is 0 Å². The number of hydrogen-bond acceptors (Lipinski definition) is 1. The van der Waals surface area contributed by atoms with E-state index in [1.165, 1.54) is 22.3 Å². The molecule has 0 amide bonds. The first-order valence-electron chi connectivity index (χ1n) is 4.15. The molecule has 0 aliphatic rings. The van der Waals surface area contributed by atoms with Gasteiger partial charge in [0, 0.05) is 13.3 Å². The molecule has 1 aromatic carbocycles. The van der Waals surface area contributed by atoms with Crippen molar-refractivity contribution in [3.63, 3.8) is 0 Å². The zero-order chi connectivity index (χ0) is 9.14. The fourth-order valence-corrected chi connectivity index (χ4v) is 1.35. The maximum atomic E-state index is 4.02. The Morgan fingerprint density at radius 1 is 1.17 bits per heavy atom. The zero-order valence-electron chi connectivity index (χ0n) is 8.18. The van der Waals surface area contributed by atoms with Gasteiger partial charge >= 0.3 is 0 Å². The molecule has 64 valence electrons. The SMILES string of the molecule is C/N=C\c1cc(C)cc(C)c1C. The van der Waals surface area contributed by atoms with Gasteiger partial charge in [0.15, 0.2) is 0 Å². The van der Waals surface area contributed by atoms with Gasteiger partial charge in [-0.15, -0.1) is 0 Å². The molecule has 0 unspecified atom stereocenters. The molecular formula is C11H15N. The summed E-state index contributed by atoms with van der Waals surface area (Å²) >= 11 is 0. The molecule has 1 nitrogen and oxygen atoms in total. The van der Waals surface area contributed by atoms with Crippen molar-refractivity contribution >= 4 is 6.21 Å². The number of nitrogens with zero attached hydrogens (tertiary/aromatic N) is 1. The lowest BCUT2D eigenvalue weighted by Crippen LogP contribution is -1.92. The molecule has 12 heavy (non-hydrogen) atoms. The summed E-state index contributed by atoms with van der Waals surface area (Å²) in [6.07, 6.45) is 1.91. The van der Waals surface area contributed by atoms with Gasteiger partial charge in [-0.25, -0.2) is 0 Å². The van der Waals surface area contributed by atoms with Crippen molar-refractivity contribution in [3.8, 4) is 0 Å². The van der Waals surface area contributed by atoms with Crippen molar-refractivity contribution in [2.45, 2.75) is 20.8 Å². The van der Waals surface area contributed by atoms with Crippen LogP contribution in [0.2, 0.25) is 0 Å². The number of rotatable bonds is 1. The average Bonchev–Trinajstić information content (AvgIpc) is 2.00. The lowest BCUT2D eigenvalue weighted by molar-refractivity contribution is 1.28. The van der Waals surface area contributed by atoms with E-state index in [1.807, 2.05) is 6.21 Å². The second-order valence-corrected chi connectivity index (χ2v) is 3.18. The zero-order valence-corrected chi connectivity index (χ0v) is 8.18. The second-order valence-electron chi connectivity index (χ2n) is 3.18. The van der Waals surface area contributed by atoms with Crippen LogP contribution >= 0.6 is 0 Å². The second kappa shape index (κ2) is 3.53. The fraction of sp³-hybridized carbons (Fsp3) is 0.364. The molecule has 0 saturated heterocycles. The lowest BCUT2D eigenvalue weighted by Gasteiger charge is -2.05. The van der Waals surface area contributed by atoms with Crippen molar-refractivity contribution in [2.75, 3.05) is 7.05 Å². The Hall–Kier alpha value is -1.11. The molecule has 0 aliphatic carbocycles. The smallest absolute Gasteiger partial charge is 0.0284 e. The quantitative estimate of drug-likeness (QED) is 0.561. The van der Waals surface area contributed by atoms with Gasteiger partial charge in [-0.05, 0) is 37.5 Å². The molecule has 0 aromatic heterocycles. The van der Waals surface area contributed by atoms with Gasteiger partial charge in [-0.2, -0.15) is 0 Å². The summed E-state index contributed by atoms with van der Waals surface area (Å²) in [6.45, 7) is 6.38. The predicted molar refractivity (Wildman–Crippen MR) is 54.2 cm³/mol. The van der Waals surface area contributed by atoms with Crippen LogP contribution in [0.5, 0.6) is 0 Å². The molecule has 0 heterocycles. The third-order valence-electron chi connectivity index (χ3n) is 2.12. The van der Waals surface area contributed by atoms with E-state index in [2.05, 4.69) is 37.9 Å². The summed E-state index contributed by atoms with van der Waals surface area (Å²) in [6, 6.07) is 4.36. The fourth-order valence-electron chi connectivity index (χ4n) is 1.35. The van der Waals surface area contributed by atoms with Gasteiger partial charge in [-0.1, -0.05) is 17.7 Å². The maximum Gasteiger partial charge on any atom is 0.0284 e. The van der Waals surface area contributed by atoms with E-state index in [9.17, 15) is 0 Å². The first kappa shape index (κ1) is 8.98. The van der Waals surface area contributed by atoms with Crippen LogP contribution in [0.25, 0.3) is 0 Å². The van der Waals surface area contributed by atoms with Crippen LogP contribution in [0, 0.1) is 20.8 Å². The Labute approximate surface area is 74.2 Å². The van der Waals surface area contributed by atoms with Crippen LogP contribution in [0.15, 0.2) is 17.1 Å². The van der Waals surface area contributed by atoms with Crippen molar-refractivity contribution in [1.82, 2.24) is 0 Å². The first-order chi connectivity index (χ1) is 5.65. The summed E-state index contributed by atoms with van der Waals surface area (Å²) in [4.78, 5) is 4.02. The molecule has 0 radical (unpaired) electrons. The molecule has 1 aromatic rings. The Morgan fingerprint density at radius 2 is 1.83 bits per heavy atom. The minimum Gasteiger partial charge on any atom is -0.296 e. The Morgan fingerprint density at radius 3 is 2.42 bits per heavy atom. The predicted octanol–water partition coefficient (Wildman–Crippen LogP) is 2.66. The van der Waals surface area contributed by atoms with Crippen molar-refractivity contribution in [3.05, 3.63) is 34.4 Å². The summed E-state index contributed by atoms with van der Waals surface area (Å²) in [7, 11) is 1.80.